The molecule has 0 radical (unpaired) electrons. The van der Waals surface area contributed by atoms with Crippen LogP contribution in [0.5, 0.6) is 0 Å². The van der Waals surface area contributed by atoms with Crippen LogP contribution in [-0.4, -0.2) is 0 Å². The van der Waals surface area contributed by atoms with Gasteiger partial charge in [-0.05, 0) is 11.8 Å². The van der Waals surface area contributed by atoms with E-state index in [4.69, 9.17) is 28.0 Å². The summed E-state index contributed by atoms with van der Waals surface area (Å²) < 4.78 is 0. The minimum atomic E-state index is -2.36. The predicted octanol–water partition coefficient (Wildman–Crippen LogP) is 1.65. The molecule has 2 N–H and O–H groups in total. The molecule has 0 saturated carbocycles. The fraction of sp³-hybridized carbons (Fsp3) is 0. The quantitative estimate of drug-likeness (QED) is 0.531. The zero-order valence-corrected chi connectivity index (χ0v) is 5.41. The molecule has 0 rings (SSSR count). The molecule has 0 aromatic rings. The van der Waals surface area contributed by atoms with Crippen LogP contribution in [0.1, 0.15) is 0 Å². The Balaban J connectivity index is 3.47. The van der Waals surface area contributed by atoms with E-state index in [0.717, 1.165) is 0 Å². The number of rotatable bonds is 0. The summed E-state index contributed by atoms with van der Waals surface area (Å²) in [6, 6.07) is 0. The first-order valence-corrected chi connectivity index (χ1v) is 5.46. The summed E-state index contributed by atoms with van der Waals surface area (Å²) in [5, 5.41) is 0. The lowest BCUT2D eigenvalue weighted by molar-refractivity contribution is 2.03. The first-order chi connectivity index (χ1) is 2.00. The molecule has 0 fully saturated rings. The Hall–Kier alpha value is 1.19. The Kier molecular flexibility index (Phi) is 2.18. The van der Waals surface area contributed by atoms with Gasteiger partial charge in [0.1, 0.15) is 0 Å². The van der Waals surface area contributed by atoms with Crippen molar-refractivity contribution in [2.24, 2.45) is 5.50 Å². The summed E-state index contributed by atoms with van der Waals surface area (Å²) in [6.45, 7) is 0. The highest BCUT2D eigenvalue weighted by Crippen LogP contribution is 2.47. The van der Waals surface area contributed by atoms with Crippen molar-refractivity contribution in [2.75, 3.05) is 0 Å². The van der Waals surface area contributed by atoms with Crippen molar-refractivity contribution in [2.45, 2.75) is 0 Å². The average Bonchev–Trinajstić information content (AvgIpc) is 0.722. The van der Waals surface area contributed by atoms with Gasteiger partial charge < -0.3 is 0 Å². The second-order valence-corrected chi connectivity index (χ2v) is 8.16. The Labute approximate surface area is 45.1 Å². The normalized spacial score (nSPS) is 11.8. The highest BCUT2D eigenvalue weighted by atomic mass is 35.9. The van der Waals surface area contributed by atoms with Crippen molar-refractivity contribution < 1.29 is 0 Å². The lowest BCUT2D eigenvalue weighted by Crippen LogP contribution is -1.71. The van der Waals surface area contributed by atoms with Crippen LogP contribution in [0.4, 0.5) is 0 Å². The van der Waals surface area contributed by atoms with E-state index in [1.54, 1.807) is 0 Å². The minimum absolute atomic E-state index is 2.36. The van der Waals surface area contributed by atoms with Crippen LogP contribution in [0.25, 0.3) is 0 Å². The molecule has 1 nitrogen and oxygen atoms in total. The van der Waals surface area contributed by atoms with Gasteiger partial charge in [-0.1, -0.05) is 22.5 Å². The third-order valence-electron chi connectivity index (χ3n) is 0. The van der Waals surface area contributed by atoms with Crippen LogP contribution in [0.3, 0.4) is 0 Å². The van der Waals surface area contributed by atoms with Crippen molar-refractivity contribution in [3.8, 4) is 0 Å². The third kappa shape index (κ3) is 37.3. The minimum Gasteiger partial charge on any atom is -0.279 e. The highest BCUT2D eigenvalue weighted by Gasteiger charge is 1.91. The lowest BCUT2D eigenvalue weighted by Gasteiger charge is -1.85. The molecule has 0 saturated heterocycles. The zero-order chi connectivity index (χ0) is 4.50. The average molecular weight is 150 g/mol. The summed E-state index contributed by atoms with van der Waals surface area (Å²) in [6.07, 6.45) is 0. The van der Waals surface area contributed by atoms with E-state index in [0.29, 0.717) is 0 Å². The van der Waals surface area contributed by atoms with E-state index >= 15 is 0 Å². The Morgan fingerprint density at radius 2 is 1.60 bits per heavy atom. The number of nitrogens with two attached hydrogens (primary N) is 1. The van der Waals surface area contributed by atoms with Crippen molar-refractivity contribution in [1.82, 2.24) is 0 Å². The molecule has 0 amide bonds. The molecule has 0 spiro atoms. The van der Waals surface area contributed by atoms with Crippen molar-refractivity contribution in [3.05, 3.63) is 0 Å². The molecule has 0 aliphatic carbocycles. The fourth-order valence-corrected chi connectivity index (χ4v) is 0. The predicted molar refractivity (Wildman–Crippen MR) is 30.2 cm³/mol. The molecule has 0 aliphatic heterocycles. The van der Waals surface area contributed by atoms with Gasteiger partial charge in [-0.25, -0.2) is 0 Å². The zero-order valence-electron chi connectivity index (χ0n) is 2.19. The van der Waals surface area contributed by atoms with Gasteiger partial charge in [-0.15, -0.1) is 0 Å². The highest BCUT2D eigenvalue weighted by molar-refractivity contribution is 8.37. The number of hydrogen-bond donors (Lipinski definition) is 1. The third-order valence-corrected chi connectivity index (χ3v) is 0. The van der Waals surface area contributed by atoms with Crippen LogP contribution in [0.15, 0.2) is 0 Å². The molecule has 32 valence electrons. The summed E-state index contributed by atoms with van der Waals surface area (Å²) in [5.74, 6) is 0. The first kappa shape index (κ1) is 6.19. The largest absolute Gasteiger partial charge is 0.279 e. The van der Waals surface area contributed by atoms with Gasteiger partial charge in [0.15, 0.2) is 4.89 Å². The van der Waals surface area contributed by atoms with Crippen LogP contribution in [0.2, 0.25) is 0 Å². The lowest BCUT2D eigenvalue weighted by atomic mass is 13.9. The van der Waals surface area contributed by atoms with Crippen molar-refractivity contribution in [3.63, 3.8) is 0 Å². The van der Waals surface area contributed by atoms with E-state index in [2.05, 4.69) is 11.8 Å². The van der Waals surface area contributed by atoms with Crippen LogP contribution >= 0.6 is 27.4 Å². The molecular formula is H2Cl2NPS. The maximum atomic E-state index is 5.00. The molecule has 5 heteroatoms. The first-order valence-electron chi connectivity index (χ1n) is 0.779. The summed E-state index contributed by atoms with van der Waals surface area (Å²) >= 11 is 14.2. The summed E-state index contributed by atoms with van der Waals surface area (Å²) in [7, 11) is 0. The Morgan fingerprint density at radius 1 is 1.60 bits per heavy atom. The van der Waals surface area contributed by atoms with Gasteiger partial charge in [-0.2, -0.15) is 0 Å². The molecule has 0 aliphatic rings. The molecular weight excluding hydrogens is 148 g/mol. The second kappa shape index (κ2) is 1.76. The summed E-state index contributed by atoms with van der Waals surface area (Å²) in [4.78, 5) is -2.36. The molecule has 0 aromatic heterocycles. The maximum absolute atomic E-state index is 5.00. The van der Waals surface area contributed by atoms with Gasteiger partial charge in [-0.3, -0.25) is 5.50 Å². The summed E-state index contributed by atoms with van der Waals surface area (Å²) in [5.41, 5.74) is 4.81. The van der Waals surface area contributed by atoms with Gasteiger partial charge in [0.2, 0.25) is 0 Å². The van der Waals surface area contributed by atoms with E-state index < -0.39 is 4.89 Å². The topological polar surface area (TPSA) is 26.0 Å². The van der Waals surface area contributed by atoms with Crippen molar-refractivity contribution in [1.29, 1.82) is 0 Å². The van der Waals surface area contributed by atoms with Crippen LogP contribution in [0, 0.1) is 0 Å². The molecule has 0 unspecified atom stereocenters. The number of hydrogen-bond acceptors (Lipinski definition) is 1. The smallest absolute Gasteiger partial charge is 0.178 e. The molecule has 0 bridgehead atoms. The van der Waals surface area contributed by atoms with E-state index in [-0.39, 0.29) is 0 Å². The van der Waals surface area contributed by atoms with Gasteiger partial charge in [0.05, 0.1) is 0 Å². The molecule has 0 heterocycles. The van der Waals surface area contributed by atoms with E-state index in [1.165, 1.54) is 0 Å². The standard InChI is InChI=1S/Cl2H2NPS/c1-4(2,3)5/h(H2,3,5). The maximum Gasteiger partial charge on any atom is 0.178 e. The van der Waals surface area contributed by atoms with Crippen molar-refractivity contribution >= 4 is 39.2 Å². The monoisotopic (exact) mass is 149 g/mol. The molecule has 0 atom stereocenters. The Bertz CT molecular complexity index is 55.8. The van der Waals surface area contributed by atoms with E-state index in [9.17, 15) is 0 Å². The van der Waals surface area contributed by atoms with Gasteiger partial charge in [0, 0.05) is 0 Å². The van der Waals surface area contributed by atoms with Crippen LogP contribution in [-0.2, 0) is 11.8 Å². The second-order valence-electron chi connectivity index (χ2n) is 0.502. The molecule has 5 heavy (non-hydrogen) atoms. The SMILES string of the molecule is NP(=S)(Cl)Cl. The molecule has 0 aromatic carbocycles. The van der Waals surface area contributed by atoms with Crippen LogP contribution < -0.4 is 5.50 Å². The van der Waals surface area contributed by atoms with E-state index in [1.807, 2.05) is 0 Å². The van der Waals surface area contributed by atoms with Gasteiger partial charge >= 0.3 is 0 Å². The number of halogens is 2. The Morgan fingerprint density at radius 3 is 1.60 bits per heavy atom. The van der Waals surface area contributed by atoms with Gasteiger partial charge in [0.25, 0.3) is 0 Å². The fourth-order valence-electron chi connectivity index (χ4n) is 0.